The fraction of sp³-hybridized carbons (Fsp3) is 0.238. The molecule has 1 aliphatic heterocycles. The van der Waals surface area contributed by atoms with E-state index in [1.54, 1.807) is 12.1 Å². The Hall–Kier alpha value is -2.95. The summed E-state index contributed by atoms with van der Waals surface area (Å²) in [5.74, 6) is -0.281. The minimum atomic E-state index is -0.352. The number of carbonyl (C=O) groups excluding carboxylic acids is 1. The van der Waals surface area contributed by atoms with Crippen LogP contribution in [0.1, 0.15) is 15.4 Å². The van der Waals surface area contributed by atoms with Crippen molar-refractivity contribution >= 4 is 33.5 Å². The SMILES string of the molecule is O=C(c1cccs1)N1CCN(Cc2cc(=O)n3nc(-c4cccc(F)c4)sc3n2)CC1. The van der Waals surface area contributed by atoms with Crippen molar-refractivity contribution in [1.29, 1.82) is 0 Å². The van der Waals surface area contributed by atoms with Crippen LogP contribution in [0.25, 0.3) is 15.5 Å². The number of nitrogens with zero attached hydrogens (tertiary/aromatic N) is 5. The summed E-state index contributed by atoms with van der Waals surface area (Å²) in [6, 6.07) is 11.3. The summed E-state index contributed by atoms with van der Waals surface area (Å²) in [6.45, 7) is 3.25. The quantitative estimate of drug-likeness (QED) is 0.473. The molecule has 0 N–H and O–H groups in total. The molecule has 158 valence electrons. The van der Waals surface area contributed by atoms with E-state index in [4.69, 9.17) is 0 Å². The van der Waals surface area contributed by atoms with Crippen molar-refractivity contribution in [2.75, 3.05) is 26.2 Å². The van der Waals surface area contributed by atoms with Crippen molar-refractivity contribution in [3.8, 4) is 10.6 Å². The van der Waals surface area contributed by atoms with Crippen LogP contribution in [0.2, 0.25) is 0 Å². The second kappa shape index (κ2) is 8.29. The summed E-state index contributed by atoms with van der Waals surface area (Å²) in [6.07, 6.45) is 0. The van der Waals surface area contributed by atoms with Crippen molar-refractivity contribution in [2.45, 2.75) is 6.54 Å². The maximum Gasteiger partial charge on any atom is 0.275 e. The number of hydrogen-bond donors (Lipinski definition) is 0. The van der Waals surface area contributed by atoms with E-state index < -0.39 is 0 Å². The Balaban J connectivity index is 1.30. The minimum absolute atomic E-state index is 0.0713. The molecule has 0 atom stereocenters. The van der Waals surface area contributed by atoms with Gasteiger partial charge in [-0.2, -0.15) is 9.61 Å². The molecule has 1 amide bonds. The first-order chi connectivity index (χ1) is 15.1. The van der Waals surface area contributed by atoms with Gasteiger partial charge in [0, 0.05) is 44.4 Å². The van der Waals surface area contributed by atoms with Gasteiger partial charge in [-0.25, -0.2) is 9.37 Å². The number of rotatable bonds is 4. The highest BCUT2D eigenvalue weighted by atomic mass is 32.1. The second-order valence-corrected chi connectivity index (χ2v) is 9.15. The van der Waals surface area contributed by atoms with Gasteiger partial charge in [0.1, 0.15) is 10.8 Å². The molecule has 3 aromatic heterocycles. The van der Waals surface area contributed by atoms with Crippen LogP contribution in [-0.2, 0) is 6.54 Å². The Morgan fingerprint density at radius 1 is 1.10 bits per heavy atom. The average molecular weight is 456 g/mol. The molecular formula is C21H18FN5O2S2. The van der Waals surface area contributed by atoms with E-state index in [-0.39, 0.29) is 17.3 Å². The summed E-state index contributed by atoms with van der Waals surface area (Å²) < 4.78 is 14.8. The third-order valence-corrected chi connectivity index (χ3v) is 6.96. The third-order valence-electron chi connectivity index (χ3n) is 5.15. The van der Waals surface area contributed by atoms with Crippen molar-refractivity contribution < 1.29 is 9.18 Å². The van der Waals surface area contributed by atoms with E-state index in [0.717, 1.165) is 18.0 Å². The summed E-state index contributed by atoms with van der Waals surface area (Å²) >= 11 is 2.71. The zero-order chi connectivity index (χ0) is 21.4. The lowest BCUT2D eigenvalue weighted by atomic mass is 10.2. The Kier molecular flexibility index (Phi) is 5.34. The normalized spacial score (nSPS) is 14.9. The van der Waals surface area contributed by atoms with Gasteiger partial charge in [0.05, 0.1) is 10.6 Å². The Morgan fingerprint density at radius 2 is 1.94 bits per heavy atom. The first kappa shape index (κ1) is 20.0. The van der Waals surface area contributed by atoms with E-state index in [9.17, 15) is 14.0 Å². The monoisotopic (exact) mass is 455 g/mol. The highest BCUT2D eigenvalue weighted by Gasteiger charge is 2.23. The predicted molar refractivity (Wildman–Crippen MR) is 118 cm³/mol. The number of carbonyl (C=O) groups is 1. The topological polar surface area (TPSA) is 70.8 Å². The van der Waals surface area contributed by atoms with Gasteiger partial charge in [0.25, 0.3) is 11.5 Å². The molecule has 0 radical (unpaired) electrons. The first-order valence-electron chi connectivity index (χ1n) is 9.78. The van der Waals surface area contributed by atoms with E-state index in [2.05, 4.69) is 15.0 Å². The molecule has 1 aliphatic rings. The Morgan fingerprint density at radius 3 is 2.68 bits per heavy atom. The van der Waals surface area contributed by atoms with Crippen LogP contribution >= 0.6 is 22.7 Å². The lowest BCUT2D eigenvalue weighted by molar-refractivity contribution is 0.0632. The van der Waals surface area contributed by atoms with Gasteiger partial charge in [0.2, 0.25) is 4.96 Å². The number of halogens is 1. The molecule has 0 spiro atoms. The number of thiophene rings is 1. The van der Waals surface area contributed by atoms with Gasteiger partial charge in [-0.05, 0) is 23.6 Å². The smallest absolute Gasteiger partial charge is 0.275 e. The summed E-state index contributed by atoms with van der Waals surface area (Å²) in [4.78, 5) is 34.9. The first-order valence-corrected chi connectivity index (χ1v) is 11.5. The van der Waals surface area contributed by atoms with E-state index >= 15 is 0 Å². The third kappa shape index (κ3) is 4.14. The zero-order valence-corrected chi connectivity index (χ0v) is 18.0. The highest BCUT2D eigenvalue weighted by molar-refractivity contribution is 7.19. The lowest BCUT2D eigenvalue weighted by Gasteiger charge is -2.34. The molecule has 0 saturated carbocycles. The maximum absolute atomic E-state index is 13.5. The van der Waals surface area contributed by atoms with Crippen LogP contribution in [0, 0.1) is 5.82 Å². The molecule has 1 saturated heterocycles. The Labute approximate surface area is 185 Å². The summed E-state index contributed by atoms with van der Waals surface area (Å²) in [5, 5.41) is 6.75. The standard InChI is InChI=1S/C21H18FN5O2S2/c22-15-4-1-3-14(11-15)19-24-27-18(28)12-16(23-21(27)31-19)13-25-6-8-26(9-7-25)20(29)17-5-2-10-30-17/h1-5,10-12H,6-9,13H2. The molecule has 4 aromatic rings. The molecule has 4 heterocycles. The maximum atomic E-state index is 13.5. The van der Waals surface area contributed by atoms with E-state index in [0.29, 0.717) is 40.9 Å². The average Bonchev–Trinajstić information content (AvgIpc) is 3.44. The van der Waals surface area contributed by atoms with Crippen LogP contribution in [0.3, 0.4) is 0 Å². The van der Waals surface area contributed by atoms with Crippen molar-refractivity contribution in [3.63, 3.8) is 0 Å². The number of amides is 1. The molecule has 7 nitrogen and oxygen atoms in total. The van der Waals surface area contributed by atoms with Crippen molar-refractivity contribution in [3.05, 3.63) is 74.6 Å². The summed E-state index contributed by atoms with van der Waals surface area (Å²) in [7, 11) is 0. The molecular weight excluding hydrogens is 437 g/mol. The second-order valence-electron chi connectivity index (χ2n) is 7.24. The van der Waals surface area contributed by atoms with Gasteiger partial charge in [0.15, 0.2) is 0 Å². The van der Waals surface area contributed by atoms with E-state index in [1.165, 1.54) is 45.4 Å². The van der Waals surface area contributed by atoms with Gasteiger partial charge >= 0.3 is 0 Å². The number of hydrogen-bond acceptors (Lipinski definition) is 7. The van der Waals surface area contributed by atoms with Crippen molar-refractivity contribution in [1.82, 2.24) is 24.4 Å². The largest absolute Gasteiger partial charge is 0.335 e. The van der Waals surface area contributed by atoms with Gasteiger partial charge in [-0.1, -0.05) is 29.5 Å². The van der Waals surface area contributed by atoms with Crippen LogP contribution in [-0.4, -0.2) is 56.5 Å². The van der Waals surface area contributed by atoms with Gasteiger partial charge in [-0.3, -0.25) is 14.5 Å². The zero-order valence-electron chi connectivity index (χ0n) is 16.4. The molecule has 31 heavy (non-hydrogen) atoms. The fourth-order valence-electron chi connectivity index (χ4n) is 3.57. The number of benzene rings is 1. The molecule has 5 rings (SSSR count). The molecule has 10 heteroatoms. The van der Waals surface area contributed by atoms with Crippen molar-refractivity contribution in [2.24, 2.45) is 0 Å². The molecule has 1 fully saturated rings. The van der Waals surface area contributed by atoms with E-state index in [1.807, 2.05) is 22.4 Å². The molecule has 0 unspecified atom stereocenters. The number of fused-ring (bicyclic) bond motifs is 1. The molecule has 0 aliphatic carbocycles. The number of aromatic nitrogens is 3. The highest BCUT2D eigenvalue weighted by Crippen LogP contribution is 2.25. The summed E-state index contributed by atoms with van der Waals surface area (Å²) in [5.41, 5.74) is 1.02. The van der Waals surface area contributed by atoms with Crippen LogP contribution in [0.15, 0.2) is 52.6 Å². The Bertz CT molecular complexity index is 1290. The molecule has 0 bridgehead atoms. The van der Waals surface area contributed by atoms with Crippen LogP contribution < -0.4 is 5.56 Å². The lowest BCUT2D eigenvalue weighted by Crippen LogP contribution is -2.48. The van der Waals surface area contributed by atoms with Gasteiger partial charge in [-0.15, -0.1) is 11.3 Å². The minimum Gasteiger partial charge on any atom is -0.335 e. The van der Waals surface area contributed by atoms with Crippen LogP contribution in [0.4, 0.5) is 4.39 Å². The van der Waals surface area contributed by atoms with Gasteiger partial charge < -0.3 is 4.90 Å². The number of piperazine rings is 1. The van der Waals surface area contributed by atoms with Crippen LogP contribution in [0.5, 0.6) is 0 Å². The predicted octanol–water partition coefficient (Wildman–Crippen LogP) is 2.98. The molecule has 1 aromatic carbocycles. The fourth-order valence-corrected chi connectivity index (χ4v) is 5.18.